The van der Waals surface area contributed by atoms with Gasteiger partial charge in [-0.25, -0.2) is 9.59 Å². The number of benzene rings is 2. The Bertz CT molecular complexity index is 1190. The molecule has 7 heteroatoms. The van der Waals surface area contributed by atoms with Crippen LogP contribution in [0.1, 0.15) is 88.4 Å². The van der Waals surface area contributed by atoms with Gasteiger partial charge in [-0.2, -0.15) is 0 Å². The largest absolute Gasteiger partial charge is 0.438 e. The van der Waals surface area contributed by atoms with E-state index in [9.17, 15) is 14.7 Å². The van der Waals surface area contributed by atoms with E-state index in [-0.39, 0.29) is 6.04 Å². The molecule has 3 amide bonds. The lowest BCUT2D eigenvalue weighted by Crippen LogP contribution is -2.51. The molecule has 1 aliphatic carbocycles. The summed E-state index contributed by atoms with van der Waals surface area (Å²) in [4.78, 5) is 26.6. The lowest BCUT2D eigenvalue weighted by Gasteiger charge is -2.45. The van der Waals surface area contributed by atoms with E-state index in [0.29, 0.717) is 19.4 Å². The number of nitrogens with one attached hydrogen (secondary N) is 1. The second-order valence-electron chi connectivity index (χ2n) is 11.3. The van der Waals surface area contributed by atoms with Gasteiger partial charge in [-0.05, 0) is 56.9 Å². The Morgan fingerprint density at radius 1 is 1.11 bits per heavy atom. The van der Waals surface area contributed by atoms with Gasteiger partial charge < -0.3 is 25.8 Å². The first-order chi connectivity index (χ1) is 18.0. The minimum Gasteiger partial charge on any atom is -0.438 e. The number of carbonyl (C=O) groups excluding carboxylic acids is 2. The smallest absolute Gasteiger partial charge is 0.411 e. The lowest BCUT2D eigenvalue weighted by molar-refractivity contribution is -0.101. The second-order valence-corrected chi connectivity index (χ2v) is 11.3. The van der Waals surface area contributed by atoms with Crippen LogP contribution in [-0.2, 0) is 10.3 Å². The minimum atomic E-state index is -0.996. The van der Waals surface area contributed by atoms with Gasteiger partial charge in [0.25, 0.3) is 0 Å². The molecule has 0 aromatic heterocycles. The van der Waals surface area contributed by atoms with Crippen LogP contribution in [0.3, 0.4) is 0 Å². The molecule has 1 heterocycles. The maximum Gasteiger partial charge on any atom is 0.411 e. The number of aliphatic hydroxyl groups is 1. The molecular formula is C31H39N3O4. The van der Waals surface area contributed by atoms with Gasteiger partial charge in [0.1, 0.15) is 11.1 Å². The highest BCUT2D eigenvalue weighted by molar-refractivity contribution is 5.73. The van der Waals surface area contributed by atoms with Crippen LogP contribution in [0.15, 0.2) is 54.6 Å². The minimum absolute atomic E-state index is 0.193. The molecule has 7 nitrogen and oxygen atoms in total. The second kappa shape index (κ2) is 11.1. The maximum absolute atomic E-state index is 13.3. The summed E-state index contributed by atoms with van der Waals surface area (Å²) in [5.41, 5.74) is 5.69. The average molecular weight is 518 g/mol. The number of hydrogen-bond acceptors (Lipinski definition) is 4. The summed E-state index contributed by atoms with van der Waals surface area (Å²) in [6, 6.07) is 16.8. The summed E-state index contributed by atoms with van der Waals surface area (Å²) in [5.74, 6) is 6.49. The highest BCUT2D eigenvalue weighted by Crippen LogP contribution is 2.42. The highest BCUT2D eigenvalue weighted by atomic mass is 16.6. The number of urea groups is 1. The van der Waals surface area contributed by atoms with Gasteiger partial charge in [-0.15, -0.1) is 0 Å². The summed E-state index contributed by atoms with van der Waals surface area (Å²) < 4.78 is 6.12. The van der Waals surface area contributed by atoms with Crippen LogP contribution < -0.4 is 11.1 Å². The first kappa shape index (κ1) is 27.5. The summed E-state index contributed by atoms with van der Waals surface area (Å²) in [5, 5.41) is 13.5. The molecule has 4 N–H and O–H groups in total. The molecule has 2 aromatic carbocycles. The van der Waals surface area contributed by atoms with Gasteiger partial charge in [-0.3, -0.25) is 0 Å². The predicted octanol–water partition coefficient (Wildman–Crippen LogP) is 5.37. The zero-order valence-corrected chi connectivity index (χ0v) is 22.6. The van der Waals surface area contributed by atoms with Crippen molar-refractivity contribution in [1.82, 2.24) is 10.2 Å². The van der Waals surface area contributed by atoms with Crippen LogP contribution in [0.5, 0.6) is 0 Å². The van der Waals surface area contributed by atoms with E-state index in [1.54, 1.807) is 18.7 Å². The van der Waals surface area contributed by atoms with Crippen molar-refractivity contribution in [3.63, 3.8) is 0 Å². The monoisotopic (exact) mass is 517 g/mol. The van der Waals surface area contributed by atoms with Crippen molar-refractivity contribution < 1.29 is 19.4 Å². The summed E-state index contributed by atoms with van der Waals surface area (Å²) in [7, 11) is 0. The molecular weight excluding hydrogens is 478 g/mol. The fourth-order valence-electron chi connectivity index (χ4n) is 5.78. The van der Waals surface area contributed by atoms with Gasteiger partial charge >= 0.3 is 12.1 Å². The van der Waals surface area contributed by atoms with Crippen molar-refractivity contribution in [2.75, 3.05) is 6.54 Å². The Balaban J connectivity index is 1.48. The Kier molecular flexibility index (Phi) is 8.03. The standard InChI is InChI=1S/C31H39N3O4/c1-23(25-14-12-24(13-15-25)16-19-30(33-27(32)35)17-8-5-9-18-30)34-21-20-31(38-28(34)36,22-29(2,3)37)26-10-6-4-7-11-26/h4,6-7,10-15,23,37H,5,8-9,17-18,20-22H2,1-3H3,(H3,32,33,35). The number of carbonyl (C=O) groups is 2. The number of cyclic esters (lactones) is 1. The van der Waals surface area contributed by atoms with E-state index in [4.69, 9.17) is 10.5 Å². The molecule has 1 aliphatic heterocycles. The van der Waals surface area contributed by atoms with Crippen LogP contribution in [0.2, 0.25) is 0 Å². The number of rotatable bonds is 6. The van der Waals surface area contributed by atoms with Gasteiger partial charge in [0, 0.05) is 24.9 Å². The molecule has 1 saturated carbocycles. The topological polar surface area (TPSA) is 105 Å². The van der Waals surface area contributed by atoms with Crippen molar-refractivity contribution >= 4 is 12.1 Å². The van der Waals surface area contributed by atoms with E-state index in [2.05, 4.69) is 17.2 Å². The summed E-state index contributed by atoms with van der Waals surface area (Å²) in [6.45, 7) is 5.98. The third-order valence-electron chi connectivity index (χ3n) is 7.67. The number of ether oxygens (including phenoxy) is 1. The van der Waals surface area contributed by atoms with Gasteiger partial charge in [0.05, 0.1) is 11.6 Å². The summed E-state index contributed by atoms with van der Waals surface area (Å²) >= 11 is 0. The van der Waals surface area contributed by atoms with E-state index >= 15 is 0 Å². The number of amides is 3. The quantitative estimate of drug-likeness (QED) is 0.448. The molecule has 202 valence electrons. The molecule has 0 bridgehead atoms. The Morgan fingerprint density at radius 2 is 1.76 bits per heavy atom. The molecule has 2 aromatic rings. The van der Waals surface area contributed by atoms with Crippen molar-refractivity contribution in [2.45, 2.75) is 88.5 Å². The number of primary amides is 1. The Hall–Kier alpha value is -3.50. The van der Waals surface area contributed by atoms with Gasteiger partial charge in [0.2, 0.25) is 0 Å². The molecule has 2 atom stereocenters. The van der Waals surface area contributed by atoms with Crippen LogP contribution in [0.25, 0.3) is 0 Å². The van der Waals surface area contributed by atoms with E-state index in [0.717, 1.165) is 48.8 Å². The zero-order chi connectivity index (χ0) is 27.4. The van der Waals surface area contributed by atoms with Crippen LogP contribution in [0, 0.1) is 11.8 Å². The molecule has 1 saturated heterocycles. The average Bonchev–Trinajstić information content (AvgIpc) is 2.87. The number of hydrogen-bond donors (Lipinski definition) is 3. The van der Waals surface area contributed by atoms with Crippen LogP contribution >= 0.6 is 0 Å². The van der Waals surface area contributed by atoms with E-state index < -0.39 is 28.9 Å². The predicted molar refractivity (Wildman–Crippen MR) is 147 cm³/mol. The molecule has 2 unspecified atom stereocenters. The molecule has 0 spiro atoms. The Morgan fingerprint density at radius 3 is 2.34 bits per heavy atom. The van der Waals surface area contributed by atoms with E-state index in [1.807, 2.05) is 61.5 Å². The number of nitrogens with two attached hydrogens (primary N) is 1. The zero-order valence-electron chi connectivity index (χ0n) is 22.6. The number of nitrogens with zero attached hydrogens (tertiary/aromatic N) is 1. The van der Waals surface area contributed by atoms with Gasteiger partial charge in [-0.1, -0.05) is 73.6 Å². The third kappa shape index (κ3) is 6.49. The fraction of sp³-hybridized carbons (Fsp3) is 0.484. The Labute approximate surface area is 225 Å². The lowest BCUT2D eigenvalue weighted by atomic mass is 9.80. The van der Waals surface area contributed by atoms with E-state index in [1.165, 1.54) is 0 Å². The van der Waals surface area contributed by atoms with Crippen molar-refractivity contribution in [3.8, 4) is 11.8 Å². The maximum atomic E-state index is 13.3. The van der Waals surface area contributed by atoms with Crippen molar-refractivity contribution in [3.05, 3.63) is 71.3 Å². The van der Waals surface area contributed by atoms with Gasteiger partial charge in [0.15, 0.2) is 0 Å². The van der Waals surface area contributed by atoms with Crippen LogP contribution in [0.4, 0.5) is 9.59 Å². The molecule has 0 radical (unpaired) electrons. The molecule has 2 fully saturated rings. The van der Waals surface area contributed by atoms with Crippen molar-refractivity contribution in [2.24, 2.45) is 5.73 Å². The third-order valence-corrected chi connectivity index (χ3v) is 7.67. The normalized spacial score (nSPS) is 22.0. The SMILES string of the molecule is CC(c1ccc(C#CC2(NC(N)=O)CCCCC2)cc1)N1CCC(CC(C)(C)O)(c2ccccc2)OC1=O. The molecule has 38 heavy (non-hydrogen) atoms. The summed E-state index contributed by atoms with van der Waals surface area (Å²) in [6.07, 6.45) is 5.27. The molecule has 2 aliphatic rings. The molecule has 4 rings (SSSR count). The van der Waals surface area contributed by atoms with Crippen LogP contribution in [-0.4, -0.2) is 39.8 Å². The first-order valence-corrected chi connectivity index (χ1v) is 13.5. The highest BCUT2D eigenvalue weighted by Gasteiger charge is 2.46. The first-order valence-electron chi connectivity index (χ1n) is 13.5. The van der Waals surface area contributed by atoms with Crippen molar-refractivity contribution in [1.29, 1.82) is 0 Å². The fourth-order valence-corrected chi connectivity index (χ4v) is 5.78.